The molecule has 0 spiro atoms. The number of fused-ring (bicyclic) bond motifs is 1. The number of pyridine rings is 1. The highest BCUT2D eigenvalue weighted by molar-refractivity contribution is 5.89. The molecule has 6 nitrogen and oxygen atoms in total. The van der Waals surface area contributed by atoms with Crippen molar-refractivity contribution in [2.75, 3.05) is 18.4 Å². The Kier molecular flexibility index (Phi) is 6.02. The lowest BCUT2D eigenvalue weighted by Gasteiger charge is -2.28. The molecule has 2 aliphatic rings. The molecule has 0 aromatic carbocycles. The zero-order chi connectivity index (χ0) is 18.5. The number of hydrogen-bond acceptors (Lipinski definition) is 6. The second kappa shape index (κ2) is 8.83. The summed E-state index contributed by atoms with van der Waals surface area (Å²) in [6.45, 7) is 4.31. The van der Waals surface area contributed by atoms with Gasteiger partial charge in [0.15, 0.2) is 0 Å². The first-order valence-corrected chi connectivity index (χ1v) is 10.5. The second-order valence-corrected chi connectivity index (χ2v) is 8.01. The van der Waals surface area contributed by atoms with Crippen molar-refractivity contribution in [3.63, 3.8) is 0 Å². The number of nitrogens with one attached hydrogen (secondary N) is 2. The Labute approximate surface area is 161 Å². The molecule has 2 aromatic heterocycles. The van der Waals surface area contributed by atoms with E-state index in [2.05, 4.69) is 32.5 Å². The van der Waals surface area contributed by atoms with Gasteiger partial charge in [0.05, 0.1) is 11.7 Å². The molecule has 2 N–H and O–H groups in total. The Morgan fingerprint density at radius 2 is 1.81 bits per heavy atom. The molecule has 1 atom stereocenters. The van der Waals surface area contributed by atoms with Crippen LogP contribution in [0, 0.1) is 5.92 Å². The predicted octanol–water partition coefficient (Wildman–Crippen LogP) is 3.93. The summed E-state index contributed by atoms with van der Waals surface area (Å²) < 4.78 is 6.20. The summed E-state index contributed by atoms with van der Waals surface area (Å²) in [6, 6.07) is 2.50. The molecule has 1 aliphatic carbocycles. The standard InChI is InChI=1S/C21H31N5O/c1-15(16-8-10-22-11-9-16)27-20-12-18-19(13-23-20)24-14-25-21(18)26-17-6-4-2-3-5-7-17/h12-17,22H,2-11H2,1H3,(H,24,25,26). The normalized spacial score (nSPS) is 20.9. The molecule has 1 unspecified atom stereocenters. The van der Waals surface area contributed by atoms with E-state index in [1.807, 2.05) is 6.07 Å². The Morgan fingerprint density at radius 3 is 2.59 bits per heavy atom. The van der Waals surface area contributed by atoms with Gasteiger partial charge in [-0.2, -0.15) is 0 Å². The summed E-state index contributed by atoms with van der Waals surface area (Å²) in [6.07, 6.45) is 13.6. The van der Waals surface area contributed by atoms with Crippen LogP contribution in [0.25, 0.3) is 10.9 Å². The number of aromatic nitrogens is 3. The lowest BCUT2D eigenvalue weighted by molar-refractivity contribution is 0.123. The second-order valence-electron chi connectivity index (χ2n) is 8.01. The first kappa shape index (κ1) is 18.4. The number of rotatable bonds is 5. The van der Waals surface area contributed by atoms with E-state index in [0.717, 1.165) is 42.7 Å². The zero-order valence-corrected chi connectivity index (χ0v) is 16.3. The summed E-state index contributed by atoms with van der Waals surface area (Å²) in [5, 5.41) is 8.08. The minimum atomic E-state index is 0.167. The van der Waals surface area contributed by atoms with Crippen LogP contribution < -0.4 is 15.4 Å². The van der Waals surface area contributed by atoms with Gasteiger partial charge in [0, 0.05) is 17.5 Å². The maximum Gasteiger partial charge on any atom is 0.214 e. The Bertz CT molecular complexity index is 738. The monoisotopic (exact) mass is 369 g/mol. The first-order valence-electron chi connectivity index (χ1n) is 10.5. The minimum Gasteiger partial charge on any atom is -0.474 e. The van der Waals surface area contributed by atoms with Crippen LogP contribution in [0.3, 0.4) is 0 Å². The lowest BCUT2D eigenvalue weighted by Crippen LogP contribution is -2.35. The molecule has 2 aromatic rings. The van der Waals surface area contributed by atoms with E-state index >= 15 is 0 Å². The Balaban J connectivity index is 1.51. The number of ether oxygens (including phenoxy) is 1. The summed E-state index contributed by atoms with van der Waals surface area (Å²) in [5.41, 5.74) is 0.864. The van der Waals surface area contributed by atoms with Gasteiger partial charge >= 0.3 is 0 Å². The number of piperidine rings is 1. The molecule has 1 aliphatic heterocycles. The molecule has 4 rings (SSSR count). The van der Waals surface area contributed by atoms with Crippen molar-refractivity contribution < 1.29 is 4.74 Å². The fourth-order valence-electron chi connectivity index (χ4n) is 4.34. The number of nitrogens with zero attached hydrogens (tertiary/aromatic N) is 3. The van der Waals surface area contributed by atoms with Crippen molar-refractivity contribution >= 4 is 16.7 Å². The minimum absolute atomic E-state index is 0.167. The van der Waals surface area contributed by atoms with Crippen LogP contribution in [0.2, 0.25) is 0 Å². The Morgan fingerprint density at radius 1 is 1.04 bits per heavy atom. The van der Waals surface area contributed by atoms with Crippen LogP contribution in [-0.2, 0) is 0 Å². The van der Waals surface area contributed by atoms with Crippen LogP contribution in [0.5, 0.6) is 5.88 Å². The third-order valence-corrected chi connectivity index (χ3v) is 6.05. The molecule has 0 amide bonds. The highest BCUT2D eigenvalue weighted by atomic mass is 16.5. The molecule has 0 radical (unpaired) electrons. The van der Waals surface area contributed by atoms with Crippen LogP contribution in [0.15, 0.2) is 18.6 Å². The average molecular weight is 370 g/mol. The molecule has 146 valence electrons. The van der Waals surface area contributed by atoms with Crippen LogP contribution >= 0.6 is 0 Å². The van der Waals surface area contributed by atoms with E-state index in [4.69, 9.17) is 4.74 Å². The van der Waals surface area contributed by atoms with Crippen molar-refractivity contribution in [1.82, 2.24) is 20.3 Å². The molecule has 6 heteroatoms. The van der Waals surface area contributed by atoms with Gasteiger partial charge in [0.2, 0.25) is 5.88 Å². The van der Waals surface area contributed by atoms with Gasteiger partial charge < -0.3 is 15.4 Å². The van der Waals surface area contributed by atoms with Gasteiger partial charge in [-0.15, -0.1) is 0 Å². The fourth-order valence-corrected chi connectivity index (χ4v) is 4.34. The third-order valence-electron chi connectivity index (χ3n) is 6.05. The topological polar surface area (TPSA) is 72.0 Å². The van der Waals surface area contributed by atoms with E-state index in [1.54, 1.807) is 12.5 Å². The smallest absolute Gasteiger partial charge is 0.214 e. The molecule has 1 saturated carbocycles. The summed E-state index contributed by atoms with van der Waals surface area (Å²) in [5.74, 6) is 2.17. The van der Waals surface area contributed by atoms with Gasteiger partial charge in [0.1, 0.15) is 18.2 Å². The Hall–Kier alpha value is -1.95. The van der Waals surface area contributed by atoms with E-state index in [1.165, 1.54) is 38.5 Å². The van der Waals surface area contributed by atoms with Gasteiger partial charge in [-0.1, -0.05) is 25.7 Å². The van der Waals surface area contributed by atoms with Crippen molar-refractivity contribution in [1.29, 1.82) is 0 Å². The highest BCUT2D eigenvalue weighted by Gasteiger charge is 2.22. The van der Waals surface area contributed by atoms with Crippen molar-refractivity contribution in [3.8, 4) is 5.88 Å². The summed E-state index contributed by atoms with van der Waals surface area (Å²) in [7, 11) is 0. The van der Waals surface area contributed by atoms with Gasteiger partial charge in [-0.3, -0.25) is 0 Å². The SMILES string of the molecule is CC(Oc1cc2c(NC3CCCCCC3)ncnc2cn1)C1CCNCC1. The van der Waals surface area contributed by atoms with Gasteiger partial charge in [-0.05, 0) is 51.6 Å². The maximum absolute atomic E-state index is 6.20. The van der Waals surface area contributed by atoms with Gasteiger partial charge in [0.25, 0.3) is 0 Å². The number of hydrogen-bond donors (Lipinski definition) is 2. The van der Waals surface area contributed by atoms with Gasteiger partial charge in [-0.25, -0.2) is 15.0 Å². The zero-order valence-electron chi connectivity index (χ0n) is 16.3. The first-order chi connectivity index (χ1) is 13.3. The predicted molar refractivity (Wildman–Crippen MR) is 108 cm³/mol. The molecule has 2 fully saturated rings. The molecule has 0 bridgehead atoms. The molecule has 1 saturated heterocycles. The average Bonchev–Trinajstić information content (AvgIpc) is 2.98. The quantitative estimate of drug-likeness (QED) is 0.778. The highest BCUT2D eigenvalue weighted by Crippen LogP contribution is 2.27. The van der Waals surface area contributed by atoms with Crippen LogP contribution in [0.1, 0.15) is 58.3 Å². The van der Waals surface area contributed by atoms with E-state index in [-0.39, 0.29) is 6.10 Å². The lowest BCUT2D eigenvalue weighted by atomic mass is 9.93. The molecule has 3 heterocycles. The van der Waals surface area contributed by atoms with Crippen LogP contribution in [-0.4, -0.2) is 40.2 Å². The number of anilines is 1. The van der Waals surface area contributed by atoms with Crippen molar-refractivity contribution in [3.05, 3.63) is 18.6 Å². The molecular weight excluding hydrogens is 338 g/mol. The van der Waals surface area contributed by atoms with E-state index in [9.17, 15) is 0 Å². The van der Waals surface area contributed by atoms with E-state index < -0.39 is 0 Å². The fraction of sp³-hybridized carbons (Fsp3) is 0.667. The third kappa shape index (κ3) is 4.67. The molecule has 27 heavy (non-hydrogen) atoms. The van der Waals surface area contributed by atoms with E-state index in [0.29, 0.717) is 17.8 Å². The van der Waals surface area contributed by atoms with Crippen molar-refractivity contribution in [2.45, 2.75) is 70.4 Å². The molecular formula is C21H31N5O. The maximum atomic E-state index is 6.20. The van der Waals surface area contributed by atoms with Crippen LogP contribution in [0.4, 0.5) is 5.82 Å². The summed E-state index contributed by atoms with van der Waals surface area (Å²) in [4.78, 5) is 13.4. The largest absolute Gasteiger partial charge is 0.474 e. The van der Waals surface area contributed by atoms with Crippen molar-refractivity contribution in [2.24, 2.45) is 5.92 Å². The summed E-state index contributed by atoms with van der Waals surface area (Å²) >= 11 is 0.